The molecule has 0 fully saturated rings. The monoisotopic (exact) mass is 210 g/mol. The van der Waals surface area contributed by atoms with Crippen LogP contribution in [0.1, 0.15) is 5.56 Å². The SMILES string of the molecule is Cc1ccc(-c2nc3ncccn3n2)cc1. The number of benzene rings is 1. The Morgan fingerprint density at radius 3 is 2.69 bits per heavy atom. The van der Waals surface area contributed by atoms with Crippen molar-refractivity contribution in [1.82, 2.24) is 19.6 Å². The summed E-state index contributed by atoms with van der Waals surface area (Å²) in [5.74, 6) is 1.33. The lowest BCUT2D eigenvalue weighted by molar-refractivity contribution is 0.942. The van der Waals surface area contributed by atoms with Crippen LogP contribution in [0.5, 0.6) is 0 Å². The Hall–Kier alpha value is -2.23. The molecule has 0 aliphatic rings. The van der Waals surface area contributed by atoms with Gasteiger partial charge in [-0.05, 0) is 13.0 Å². The first-order valence-corrected chi connectivity index (χ1v) is 5.07. The maximum absolute atomic E-state index is 4.36. The van der Waals surface area contributed by atoms with E-state index >= 15 is 0 Å². The molecule has 4 heteroatoms. The largest absolute Gasteiger partial charge is 0.252 e. The van der Waals surface area contributed by atoms with Gasteiger partial charge in [0.2, 0.25) is 0 Å². The zero-order valence-electron chi connectivity index (χ0n) is 8.83. The number of fused-ring (bicyclic) bond motifs is 1. The van der Waals surface area contributed by atoms with Crippen LogP contribution in [0.25, 0.3) is 17.2 Å². The minimum absolute atomic E-state index is 0.623. The van der Waals surface area contributed by atoms with E-state index in [2.05, 4.69) is 34.1 Å². The van der Waals surface area contributed by atoms with E-state index in [-0.39, 0.29) is 0 Å². The number of nitrogens with zero attached hydrogens (tertiary/aromatic N) is 4. The molecule has 2 heterocycles. The van der Waals surface area contributed by atoms with E-state index in [1.54, 1.807) is 10.7 Å². The van der Waals surface area contributed by atoms with Crippen molar-refractivity contribution < 1.29 is 0 Å². The summed E-state index contributed by atoms with van der Waals surface area (Å²) >= 11 is 0. The summed E-state index contributed by atoms with van der Waals surface area (Å²) in [7, 11) is 0. The topological polar surface area (TPSA) is 43.1 Å². The molecule has 0 unspecified atom stereocenters. The molecule has 16 heavy (non-hydrogen) atoms. The highest BCUT2D eigenvalue weighted by Crippen LogP contribution is 2.15. The second-order valence-electron chi connectivity index (χ2n) is 3.67. The highest BCUT2D eigenvalue weighted by atomic mass is 15.3. The smallest absolute Gasteiger partial charge is 0.220 e. The second-order valence-corrected chi connectivity index (χ2v) is 3.67. The van der Waals surface area contributed by atoms with Crippen LogP contribution in [-0.2, 0) is 0 Å². The highest BCUT2D eigenvalue weighted by Gasteiger charge is 2.05. The van der Waals surface area contributed by atoms with Gasteiger partial charge in [0.25, 0.3) is 5.78 Å². The molecular formula is C12H10N4. The van der Waals surface area contributed by atoms with Crippen molar-refractivity contribution in [3.8, 4) is 11.4 Å². The molecule has 0 bridgehead atoms. The van der Waals surface area contributed by atoms with Crippen LogP contribution >= 0.6 is 0 Å². The molecule has 0 saturated heterocycles. The minimum Gasteiger partial charge on any atom is -0.220 e. The Bertz CT molecular complexity index is 592. The molecule has 0 aliphatic heterocycles. The van der Waals surface area contributed by atoms with Crippen LogP contribution in [0.2, 0.25) is 0 Å². The Morgan fingerprint density at radius 2 is 1.94 bits per heavy atom. The van der Waals surface area contributed by atoms with E-state index < -0.39 is 0 Å². The van der Waals surface area contributed by atoms with E-state index in [1.807, 2.05) is 24.4 Å². The summed E-state index contributed by atoms with van der Waals surface area (Å²) in [6.45, 7) is 2.06. The summed E-state index contributed by atoms with van der Waals surface area (Å²) in [5, 5.41) is 4.36. The second kappa shape index (κ2) is 3.41. The average molecular weight is 210 g/mol. The zero-order valence-corrected chi connectivity index (χ0v) is 8.83. The Morgan fingerprint density at radius 1 is 1.12 bits per heavy atom. The van der Waals surface area contributed by atoms with Gasteiger partial charge >= 0.3 is 0 Å². The van der Waals surface area contributed by atoms with E-state index in [0.29, 0.717) is 11.6 Å². The molecule has 0 N–H and O–H groups in total. The molecule has 2 aromatic heterocycles. The minimum atomic E-state index is 0.623. The van der Waals surface area contributed by atoms with Crippen molar-refractivity contribution in [3.63, 3.8) is 0 Å². The summed E-state index contributed by atoms with van der Waals surface area (Å²) in [6, 6.07) is 9.97. The van der Waals surface area contributed by atoms with Gasteiger partial charge in [0.05, 0.1) is 0 Å². The van der Waals surface area contributed by atoms with Gasteiger partial charge in [-0.1, -0.05) is 29.8 Å². The molecule has 4 nitrogen and oxygen atoms in total. The number of hydrogen-bond donors (Lipinski definition) is 0. The molecule has 0 saturated carbocycles. The van der Waals surface area contributed by atoms with Crippen molar-refractivity contribution in [2.45, 2.75) is 6.92 Å². The number of hydrogen-bond acceptors (Lipinski definition) is 3. The third-order valence-corrected chi connectivity index (χ3v) is 2.43. The normalized spacial score (nSPS) is 10.8. The molecule has 0 radical (unpaired) electrons. The zero-order chi connectivity index (χ0) is 11.0. The Balaban J connectivity index is 2.15. The van der Waals surface area contributed by atoms with E-state index in [4.69, 9.17) is 0 Å². The van der Waals surface area contributed by atoms with Crippen LogP contribution in [-0.4, -0.2) is 19.6 Å². The van der Waals surface area contributed by atoms with Gasteiger partial charge < -0.3 is 0 Å². The third-order valence-electron chi connectivity index (χ3n) is 2.43. The maximum Gasteiger partial charge on any atom is 0.252 e. The molecule has 0 aliphatic carbocycles. The Labute approximate surface area is 92.6 Å². The summed E-state index contributed by atoms with van der Waals surface area (Å²) in [4.78, 5) is 8.49. The van der Waals surface area contributed by atoms with Gasteiger partial charge in [-0.15, -0.1) is 5.10 Å². The predicted octanol–water partition coefficient (Wildman–Crippen LogP) is 2.10. The van der Waals surface area contributed by atoms with Gasteiger partial charge in [-0.25, -0.2) is 9.50 Å². The fraction of sp³-hybridized carbons (Fsp3) is 0.0833. The van der Waals surface area contributed by atoms with Crippen LogP contribution in [0.3, 0.4) is 0 Å². The standard InChI is InChI=1S/C12H10N4/c1-9-3-5-10(6-4-9)11-14-12-13-7-2-8-16(12)15-11/h2-8H,1H3. The number of rotatable bonds is 1. The van der Waals surface area contributed by atoms with E-state index in [0.717, 1.165) is 5.56 Å². The molecule has 0 spiro atoms. The van der Waals surface area contributed by atoms with Crippen molar-refractivity contribution >= 4 is 5.78 Å². The van der Waals surface area contributed by atoms with Crippen LogP contribution < -0.4 is 0 Å². The van der Waals surface area contributed by atoms with Crippen LogP contribution in [0.4, 0.5) is 0 Å². The van der Waals surface area contributed by atoms with Crippen molar-refractivity contribution in [2.24, 2.45) is 0 Å². The van der Waals surface area contributed by atoms with Crippen molar-refractivity contribution in [3.05, 3.63) is 48.3 Å². The summed E-state index contributed by atoms with van der Waals surface area (Å²) in [6.07, 6.45) is 3.55. The van der Waals surface area contributed by atoms with Gasteiger partial charge in [0.1, 0.15) is 0 Å². The number of aryl methyl sites for hydroxylation is 1. The van der Waals surface area contributed by atoms with Crippen LogP contribution in [0.15, 0.2) is 42.7 Å². The first kappa shape index (κ1) is 9.03. The lowest BCUT2D eigenvalue weighted by Gasteiger charge is -1.94. The van der Waals surface area contributed by atoms with Crippen molar-refractivity contribution in [1.29, 1.82) is 0 Å². The fourth-order valence-corrected chi connectivity index (χ4v) is 1.56. The third kappa shape index (κ3) is 1.44. The van der Waals surface area contributed by atoms with E-state index in [9.17, 15) is 0 Å². The van der Waals surface area contributed by atoms with Gasteiger partial charge in [0.15, 0.2) is 5.82 Å². The lowest BCUT2D eigenvalue weighted by atomic mass is 10.1. The fourth-order valence-electron chi connectivity index (χ4n) is 1.56. The summed E-state index contributed by atoms with van der Waals surface area (Å²) in [5.41, 5.74) is 2.24. The first-order valence-electron chi connectivity index (χ1n) is 5.07. The molecular weight excluding hydrogens is 200 g/mol. The lowest BCUT2D eigenvalue weighted by Crippen LogP contribution is -1.87. The summed E-state index contributed by atoms with van der Waals surface area (Å²) < 4.78 is 1.68. The molecule has 1 aromatic carbocycles. The predicted molar refractivity (Wildman–Crippen MR) is 61.0 cm³/mol. The van der Waals surface area contributed by atoms with Gasteiger partial charge in [-0.2, -0.15) is 4.98 Å². The Kier molecular flexibility index (Phi) is 1.93. The molecule has 78 valence electrons. The molecule has 0 atom stereocenters. The molecule has 0 amide bonds. The average Bonchev–Trinajstić information content (AvgIpc) is 2.73. The molecule has 3 rings (SSSR count). The van der Waals surface area contributed by atoms with Crippen LogP contribution in [0, 0.1) is 6.92 Å². The first-order chi connectivity index (χ1) is 7.83. The van der Waals surface area contributed by atoms with Gasteiger partial charge in [0, 0.05) is 18.0 Å². The van der Waals surface area contributed by atoms with Gasteiger partial charge in [-0.3, -0.25) is 0 Å². The molecule has 3 aromatic rings. The van der Waals surface area contributed by atoms with Crippen molar-refractivity contribution in [2.75, 3.05) is 0 Å². The van der Waals surface area contributed by atoms with E-state index in [1.165, 1.54) is 5.56 Å². The highest BCUT2D eigenvalue weighted by molar-refractivity contribution is 5.57. The maximum atomic E-state index is 4.36. The quantitative estimate of drug-likeness (QED) is 0.617. The number of aromatic nitrogens is 4.